The van der Waals surface area contributed by atoms with Gasteiger partial charge in [0.25, 0.3) is 17.3 Å². The van der Waals surface area contributed by atoms with E-state index in [9.17, 15) is 4.55 Å². The molecule has 0 spiro atoms. The number of rotatable bonds is 5. The first kappa shape index (κ1) is 14.4. The lowest BCUT2D eigenvalue weighted by molar-refractivity contribution is -0.698. The van der Waals surface area contributed by atoms with Gasteiger partial charge < -0.3 is 5.32 Å². The average Bonchev–Trinajstić information content (AvgIpc) is 2.40. The predicted octanol–water partition coefficient (Wildman–Crippen LogP) is 3.04. The number of benzene rings is 1. The van der Waals surface area contributed by atoms with Crippen LogP contribution in [0.1, 0.15) is 19.4 Å². The molecule has 1 rings (SSSR count). The number of nitrogens with zero attached hydrogens (tertiary/aromatic N) is 1. The largest absolute Gasteiger partial charge is 0.326 e. The van der Waals surface area contributed by atoms with Gasteiger partial charge in [-0.25, -0.2) is 0 Å². The maximum absolute atomic E-state index is 9.41. The molecule has 0 saturated carbocycles. The van der Waals surface area contributed by atoms with Gasteiger partial charge in [-0.05, 0) is 19.4 Å². The summed E-state index contributed by atoms with van der Waals surface area (Å²) in [4.78, 5) is 0. The maximum atomic E-state index is 9.41. The Morgan fingerprint density at radius 3 is 2.35 bits per heavy atom. The van der Waals surface area contributed by atoms with Gasteiger partial charge in [-0.3, -0.25) is 4.55 Å². The van der Waals surface area contributed by atoms with Crippen molar-refractivity contribution in [1.29, 1.82) is 0 Å². The molecular weight excluding hydrogens is 252 g/mol. The second-order valence-corrected chi connectivity index (χ2v) is 5.00. The van der Waals surface area contributed by atoms with Gasteiger partial charge in [0.05, 0.1) is 13.1 Å². The Kier molecular flexibility index (Phi) is 5.91. The first-order valence-corrected chi connectivity index (χ1v) is 6.85. The van der Waals surface area contributed by atoms with E-state index in [-0.39, 0.29) is 0 Å². The molecule has 0 saturated heterocycles. The molecule has 0 aliphatic heterocycles. The highest BCUT2D eigenvalue weighted by molar-refractivity contribution is 7.89. The normalized spacial score (nSPS) is 11.2. The Morgan fingerprint density at radius 1 is 1.29 bits per heavy atom. The molecule has 0 fully saturated rings. The van der Waals surface area contributed by atoms with E-state index < -0.39 is 0 Å². The molecule has 0 amide bonds. The van der Waals surface area contributed by atoms with Crippen LogP contribution in [0.5, 0.6) is 0 Å². The Morgan fingerprint density at radius 2 is 1.88 bits per heavy atom. The van der Waals surface area contributed by atoms with Crippen molar-refractivity contribution in [3.63, 3.8) is 0 Å². The first-order valence-electron chi connectivity index (χ1n) is 5.71. The number of hydrogen-bond donors (Lipinski definition) is 2. The molecule has 1 aromatic rings. The molecule has 0 bridgehead atoms. The number of quaternary nitrogens is 1. The van der Waals surface area contributed by atoms with E-state index in [1.54, 1.807) is 0 Å². The summed E-state index contributed by atoms with van der Waals surface area (Å²) < 4.78 is 9.75. The van der Waals surface area contributed by atoms with E-state index in [1.165, 1.54) is 5.56 Å². The molecule has 94 valence electrons. The van der Waals surface area contributed by atoms with E-state index in [0.717, 1.165) is 25.3 Å². The molecule has 0 aliphatic carbocycles. The minimum Gasteiger partial charge on any atom is -0.326 e. The molecule has 17 heavy (non-hydrogen) atoms. The summed E-state index contributed by atoms with van der Waals surface area (Å²) in [5.74, 6) is 0. The fraction of sp³-hybridized carbons (Fsp3) is 0.417. The van der Waals surface area contributed by atoms with Crippen molar-refractivity contribution in [1.82, 2.24) is 5.32 Å². The number of nitrogens with one attached hydrogen (secondary N) is 1. The minimum atomic E-state index is 0.349. The molecule has 0 heterocycles. The zero-order valence-corrected chi connectivity index (χ0v) is 11.9. The van der Waals surface area contributed by atoms with E-state index in [1.807, 2.05) is 44.2 Å². The summed E-state index contributed by atoms with van der Waals surface area (Å²) in [6.45, 7) is 6.25. The Labute approximate surface area is 113 Å². The molecule has 2 N–H and O–H groups in total. The third kappa shape index (κ3) is 3.67. The highest BCUT2D eigenvalue weighted by atomic mass is 32.2. The molecule has 0 aliphatic rings. The van der Waals surface area contributed by atoms with Crippen molar-refractivity contribution in [2.75, 3.05) is 13.1 Å². The van der Waals surface area contributed by atoms with E-state index in [4.69, 9.17) is 12.2 Å². The van der Waals surface area contributed by atoms with Gasteiger partial charge in [0, 0.05) is 18.8 Å². The zero-order chi connectivity index (χ0) is 12.7. The highest BCUT2D eigenvalue weighted by Gasteiger charge is 2.31. The molecule has 0 atom stereocenters. The minimum absolute atomic E-state index is 0.349. The van der Waals surface area contributed by atoms with Crippen molar-refractivity contribution in [3.8, 4) is 0 Å². The van der Waals surface area contributed by atoms with Crippen LogP contribution in [0, 0.1) is 0 Å². The monoisotopic (exact) mass is 271 g/mol. The number of thiocarbonyl (C=S) groups is 1. The zero-order valence-electron chi connectivity index (χ0n) is 10.2. The van der Waals surface area contributed by atoms with Crippen molar-refractivity contribution in [2.45, 2.75) is 20.4 Å². The molecule has 5 heteroatoms. The number of hydrogen-bond acceptors (Lipinski definition) is 3. The molecular formula is C12H19N2OS2+. The predicted molar refractivity (Wildman–Crippen MR) is 77.4 cm³/mol. The third-order valence-electron chi connectivity index (χ3n) is 2.83. The second-order valence-electron chi connectivity index (χ2n) is 3.75. The first-order chi connectivity index (χ1) is 8.18. The van der Waals surface area contributed by atoms with E-state index in [2.05, 4.69) is 5.32 Å². The Bertz CT molecular complexity index is 345. The smallest absolute Gasteiger partial charge is 0.283 e. The summed E-state index contributed by atoms with van der Waals surface area (Å²) in [6, 6.07) is 10.1. The SMILES string of the molecule is CC[N+](CC)(SO)C(=S)NCc1ccccc1. The van der Waals surface area contributed by atoms with Crippen LogP contribution in [-0.2, 0) is 6.54 Å². The van der Waals surface area contributed by atoms with E-state index in [0.29, 0.717) is 15.5 Å². The summed E-state index contributed by atoms with van der Waals surface area (Å²) in [6.07, 6.45) is 0. The summed E-state index contributed by atoms with van der Waals surface area (Å²) in [7, 11) is 0. The van der Waals surface area contributed by atoms with Gasteiger partial charge in [-0.1, -0.05) is 30.3 Å². The lowest BCUT2D eigenvalue weighted by Crippen LogP contribution is -2.51. The molecule has 1 aromatic carbocycles. The lowest BCUT2D eigenvalue weighted by atomic mass is 10.2. The fourth-order valence-electron chi connectivity index (χ4n) is 1.58. The van der Waals surface area contributed by atoms with Crippen LogP contribution in [0.15, 0.2) is 30.3 Å². The molecule has 0 unspecified atom stereocenters. The van der Waals surface area contributed by atoms with Crippen LogP contribution < -0.4 is 5.32 Å². The van der Waals surface area contributed by atoms with Crippen molar-refractivity contribution >= 4 is 29.6 Å². The quantitative estimate of drug-likeness (QED) is 0.373. The van der Waals surface area contributed by atoms with Crippen molar-refractivity contribution in [3.05, 3.63) is 35.9 Å². The Hall–Kier alpha value is -0.620. The van der Waals surface area contributed by atoms with Crippen LogP contribution in [0.4, 0.5) is 0 Å². The van der Waals surface area contributed by atoms with Gasteiger partial charge in [0.15, 0.2) is 0 Å². The van der Waals surface area contributed by atoms with Crippen LogP contribution >= 0.6 is 24.4 Å². The van der Waals surface area contributed by atoms with Crippen LogP contribution in [0.3, 0.4) is 0 Å². The topological polar surface area (TPSA) is 32.3 Å². The van der Waals surface area contributed by atoms with Gasteiger partial charge in [0.2, 0.25) is 0 Å². The third-order valence-corrected chi connectivity index (χ3v) is 4.46. The van der Waals surface area contributed by atoms with E-state index >= 15 is 0 Å². The van der Waals surface area contributed by atoms with Gasteiger partial charge >= 0.3 is 0 Å². The van der Waals surface area contributed by atoms with Crippen LogP contribution in [0.25, 0.3) is 0 Å². The van der Waals surface area contributed by atoms with Crippen molar-refractivity contribution in [2.24, 2.45) is 0 Å². The summed E-state index contributed by atoms with van der Waals surface area (Å²) in [5, 5.41) is 3.89. The summed E-state index contributed by atoms with van der Waals surface area (Å²) >= 11 is 6.16. The van der Waals surface area contributed by atoms with Gasteiger partial charge in [-0.2, -0.15) is 3.89 Å². The molecule has 3 nitrogen and oxygen atoms in total. The van der Waals surface area contributed by atoms with Crippen LogP contribution in [-0.4, -0.2) is 26.6 Å². The summed E-state index contributed by atoms with van der Waals surface area (Å²) in [5.41, 5.74) is 1.18. The average molecular weight is 271 g/mol. The second kappa shape index (κ2) is 6.96. The standard InChI is InChI=1S/C12H18N2OS2/c1-3-14(4-2,17-15)12(16)13-10-11-8-6-5-7-9-11/h5-9H,3-4,10H2,1-2H3,(H-,13,15,16)/p+1. The van der Waals surface area contributed by atoms with Gasteiger partial charge in [0.1, 0.15) is 0 Å². The van der Waals surface area contributed by atoms with Crippen LogP contribution in [0.2, 0.25) is 0 Å². The maximum Gasteiger partial charge on any atom is 0.283 e. The highest BCUT2D eigenvalue weighted by Crippen LogP contribution is 2.19. The fourth-order valence-corrected chi connectivity index (χ4v) is 2.38. The van der Waals surface area contributed by atoms with Crippen molar-refractivity contribution < 1.29 is 8.44 Å². The van der Waals surface area contributed by atoms with Gasteiger partial charge in [-0.15, -0.1) is 0 Å². The lowest BCUT2D eigenvalue weighted by Gasteiger charge is -2.30. The molecule has 0 radical (unpaired) electrons. The Balaban J connectivity index is 2.60. The molecule has 0 aromatic heterocycles.